The van der Waals surface area contributed by atoms with Gasteiger partial charge in [-0.25, -0.2) is 0 Å². The highest BCUT2D eigenvalue weighted by atomic mass is 16.4. The highest BCUT2D eigenvalue weighted by Gasteiger charge is 2.46. The Morgan fingerprint density at radius 3 is 2.71 bits per heavy atom. The second-order valence-corrected chi connectivity index (χ2v) is 6.94. The van der Waals surface area contributed by atoms with E-state index < -0.39 is 5.97 Å². The van der Waals surface area contributed by atoms with Crippen molar-refractivity contribution >= 4 is 5.97 Å². The predicted molar refractivity (Wildman–Crippen MR) is 81.9 cm³/mol. The molecule has 1 aliphatic carbocycles. The van der Waals surface area contributed by atoms with Crippen LogP contribution in [0.1, 0.15) is 44.9 Å². The number of hydrogen-bond acceptors (Lipinski definition) is 3. The zero-order valence-electron chi connectivity index (χ0n) is 13.7. The molecule has 0 aliphatic heterocycles. The number of aryl methyl sites for hydroxylation is 1. The van der Waals surface area contributed by atoms with Gasteiger partial charge in [0.15, 0.2) is 0 Å². The molecule has 5 heteroatoms. The Morgan fingerprint density at radius 2 is 2.19 bits per heavy atom. The molecule has 0 saturated heterocycles. The fraction of sp³-hybridized carbons (Fsp3) is 0.750. The summed E-state index contributed by atoms with van der Waals surface area (Å²) in [5.41, 5.74) is 2.20. The highest BCUT2D eigenvalue weighted by Crippen LogP contribution is 2.45. The van der Waals surface area contributed by atoms with Crippen LogP contribution in [0, 0.1) is 24.2 Å². The first-order valence-corrected chi connectivity index (χ1v) is 7.68. The van der Waals surface area contributed by atoms with Gasteiger partial charge in [-0.15, -0.1) is 0 Å². The van der Waals surface area contributed by atoms with Crippen LogP contribution in [-0.2, 0) is 18.4 Å². The lowest BCUT2D eigenvalue weighted by Crippen LogP contribution is -2.50. The lowest BCUT2D eigenvalue weighted by atomic mass is 9.61. The lowest BCUT2D eigenvalue weighted by Gasteiger charge is -2.46. The number of nitrogens with one attached hydrogen (secondary N) is 1. The molecule has 2 N–H and O–H groups in total. The molecule has 1 saturated carbocycles. The Hall–Kier alpha value is -1.36. The molecule has 3 atom stereocenters. The zero-order valence-corrected chi connectivity index (χ0v) is 13.7. The molecule has 3 unspecified atom stereocenters. The molecule has 0 spiro atoms. The molecule has 0 amide bonds. The van der Waals surface area contributed by atoms with Crippen LogP contribution in [0.4, 0.5) is 0 Å². The number of carboxylic acids is 1. The van der Waals surface area contributed by atoms with Crippen molar-refractivity contribution < 1.29 is 9.90 Å². The Bertz CT molecular complexity index is 522. The summed E-state index contributed by atoms with van der Waals surface area (Å²) in [6.45, 7) is 9.20. The van der Waals surface area contributed by atoms with Gasteiger partial charge in [0.25, 0.3) is 0 Å². The van der Waals surface area contributed by atoms with E-state index in [1.807, 2.05) is 17.9 Å². The van der Waals surface area contributed by atoms with Crippen molar-refractivity contribution in [3.05, 3.63) is 17.5 Å². The molecule has 0 radical (unpaired) electrons. The number of carboxylic acid groups (broad SMARTS) is 1. The van der Waals surface area contributed by atoms with Gasteiger partial charge in [-0.3, -0.25) is 9.48 Å². The van der Waals surface area contributed by atoms with Crippen LogP contribution in [0.5, 0.6) is 0 Å². The summed E-state index contributed by atoms with van der Waals surface area (Å²) < 4.78 is 1.88. The summed E-state index contributed by atoms with van der Waals surface area (Å²) >= 11 is 0. The van der Waals surface area contributed by atoms with E-state index in [1.165, 1.54) is 11.3 Å². The number of hydrogen-bond donors (Lipinski definition) is 2. The van der Waals surface area contributed by atoms with Crippen LogP contribution in [0.25, 0.3) is 0 Å². The summed E-state index contributed by atoms with van der Waals surface area (Å²) in [6, 6.07) is 0.357. The van der Waals surface area contributed by atoms with E-state index in [4.69, 9.17) is 0 Å². The van der Waals surface area contributed by atoms with E-state index in [-0.39, 0.29) is 11.3 Å². The summed E-state index contributed by atoms with van der Waals surface area (Å²) in [6.07, 6.45) is 3.57. The third kappa shape index (κ3) is 2.98. The van der Waals surface area contributed by atoms with Gasteiger partial charge in [0, 0.05) is 30.9 Å². The predicted octanol–water partition coefficient (Wildman–Crippen LogP) is 2.34. The summed E-state index contributed by atoms with van der Waals surface area (Å²) in [5, 5.41) is 17.3. The van der Waals surface area contributed by atoms with E-state index in [9.17, 15) is 9.90 Å². The van der Waals surface area contributed by atoms with Crippen molar-refractivity contribution in [3.8, 4) is 0 Å². The smallest absolute Gasteiger partial charge is 0.307 e. The molecule has 1 heterocycles. The molecule has 21 heavy (non-hydrogen) atoms. The fourth-order valence-corrected chi connectivity index (χ4v) is 3.48. The molecule has 5 nitrogen and oxygen atoms in total. The van der Waals surface area contributed by atoms with Crippen molar-refractivity contribution in [3.63, 3.8) is 0 Å². The van der Waals surface area contributed by atoms with E-state index in [0.717, 1.165) is 19.4 Å². The quantitative estimate of drug-likeness (QED) is 0.894. The first-order valence-electron chi connectivity index (χ1n) is 7.68. The Balaban J connectivity index is 2.02. The molecule has 1 aliphatic rings. The number of nitrogens with zero attached hydrogens (tertiary/aromatic N) is 2. The minimum atomic E-state index is -0.659. The van der Waals surface area contributed by atoms with Gasteiger partial charge in [-0.1, -0.05) is 20.8 Å². The monoisotopic (exact) mass is 293 g/mol. The summed E-state index contributed by atoms with van der Waals surface area (Å²) in [4.78, 5) is 11.4. The van der Waals surface area contributed by atoms with Gasteiger partial charge < -0.3 is 10.4 Å². The van der Waals surface area contributed by atoms with Crippen LogP contribution in [0.15, 0.2) is 6.20 Å². The van der Waals surface area contributed by atoms with Crippen molar-refractivity contribution in [1.29, 1.82) is 0 Å². The maximum atomic E-state index is 11.4. The fourth-order valence-electron chi connectivity index (χ4n) is 3.48. The van der Waals surface area contributed by atoms with Gasteiger partial charge in [0.1, 0.15) is 0 Å². The number of aliphatic carboxylic acids is 1. The van der Waals surface area contributed by atoms with Crippen LogP contribution >= 0.6 is 0 Å². The minimum absolute atomic E-state index is 0.189. The SMILES string of the molecule is Cc1c(CNC2CCC(C(=O)O)C(C)(C)C2C)cnn1C. The molecule has 1 fully saturated rings. The molecular formula is C16H27N3O2. The Kier molecular flexibility index (Phi) is 4.42. The normalized spacial score (nSPS) is 28.5. The van der Waals surface area contributed by atoms with E-state index in [2.05, 4.69) is 38.1 Å². The maximum Gasteiger partial charge on any atom is 0.307 e. The van der Waals surface area contributed by atoms with Crippen molar-refractivity contribution in [2.45, 2.75) is 53.1 Å². The zero-order chi connectivity index (χ0) is 15.8. The topological polar surface area (TPSA) is 67.2 Å². The summed E-state index contributed by atoms with van der Waals surface area (Å²) in [5.74, 6) is -0.580. The summed E-state index contributed by atoms with van der Waals surface area (Å²) in [7, 11) is 1.95. The third-order valence-corrected chi connectivity index (χ3v) is 5.63. The Labute approximate surface area is 126 Å². The molecule has 1 aromatic rings. The first-order chi connectivity index (χ1) is 9.75. The van der Waals surface area contributed by atoms with Crippen molar-refractivity contribution in [2.75, 3.05) is 0 Å². The van der Waals surface area contributed by atoms with E-state index >= 15 is 0 Å². The molecule has 0 bridgehead atoms. The molecule has 118 valence electrons. The number of rotatable bonds is 4. The number of aromatic nitrogens is 2. The van der Waals surface area contributed by atoms with Crippen molar-refractivity contribution in [2.24, 2.45) is 24.3 Å². The van der Waals surface area contributed by atoms with Crippen LogP contribution in [-0.4, -0.2) is 26.9 Å². The second kappa shape index (κ2) is 5.79. The molecule has 1 aromatic heterocycles. The van der Waals surface area contributed by atoms with Crippen LogP contribution < -0.4 is 5.32 Å². The van der Waals surface area contributed by atoms with Gasteiger partial charge in [-0.2, -0.15) is 5.10 Å². The van der Waals surface area contributed by atoms with Crippen LogP contribution in [0.3, 0.4) is 0 Å². The second-order valence-electron chi connectivity index (χ2n) is 6.94. The molecular weight excluding hydrogens is 266 g/mol. The van der Waals surface area contributed by atoms with E-state index in [0.29, 0.717) is 12.0 Å². The van der Waals surface area contributed by atoms with Gasteiger partial charge in [0.05, 0.1) is 12.1 Å². The first kappa shape index (κ1) is 16.0. The minimum Gasteiger partial charge on any atom is -0.481 e. The third-order valence-electron chi connectivity index (χ3n) is 5.63. The average molecular weight is 293 g/mol. The standard InChI is InChI=1S/C16H27N3O2/c1-10-14(7-6-13(15(20)21)16(10,3)4)17-8-12-9-18-19(5)11(12)2/h9-10,13-14,17H,6-8H2,1-5H3,(H,20,21). The van der Waals surface area contributed by atoms with Gasteiger partial charge in [-0.05, 0) is 31.1 Å². The lowest BCUT2D eigenvalue weighted by molar-refractivity contribution is -0.150. The van der Waals surface area contributed by atoms with Gasteiger partial charge >= 0.3 is 5.97 Å². The van der Waals surface area contributed by atoms with Gasteiger partial charge in [0.2, 0.25) is 0 Å². The Morgan fingerprint density at radius 1 is 1.52 bits per heavy atom. The largest absolute Gasteiger partial charge is 0.481 e. The van der Waals surface area contributed by atoms with Crippen molar-refractivity contribution in [1.82, 2.24) is 15.1 Å². The van der Waals surface area contributed by atoms with E-state index in [1.54, 1.807) is 0 Å². The maximum absolute atomic E-state index is 11.4. The average Bonchev–Trinajstić information content (AvgIpc) is 2.71. The molecule has 2 rings (SSSR count). The molecule has 0 aromatic carbocycles. The highest BCUT2D eigenvalue weighted by molar-refractivity contribution is 5.71. The number of carbonyl (C=O) groups is 1. The van der Waals surface area contributed by atoms with Crippen LogP contribution in [0.2, 0.25) is 0 Å².